The molecule has 0 aliphatic carbocycles. The Labute approximate surface area is 202 Å². The standard InChI is InChI=1S/C25H27N5O3S/c1-3-32-20-11-7-18(8-12-20)16-26-24-28-25(30(29-24)23(31)22-6-5-15-34-22)27-17-19-9-13-21(14-10-19)33-4-2/h5-15H,3-4,16-17H2,1-2H3,(H2,26,27,28,29). The fourth-order valence-electron chi connectivity index (χ4n) is 3.25. The van der Waals surface area contributed by atoms with E-state index in [1.165, 1.54) is 16.0 Å². The van der Waals surface area contributed by atoms with Gasteiger partial charge in [-0.3, -0.25) is 4.79 Å². The average molecular weight is 478 g/mol. The Bertz CT molecular complexity index is 1190. The van der Waals surface area contributed by atoms with E-state index in [2.05, 4.69) is 20.7 Å². The number of thiophene rings is 1. The van der Waals surface area contributed by atoms with Crippen LogP contribution in [0.2, 0.25) is 0 Å². The number of ether oxygens (including phenoxy) is 2. The molecule has 4 rings (SSSR count). The maximum absolute atomic E-state index is 13.0. The summed E-state index contributed by atoms with van der Waals surface area (Å²) in [4.78, 5) is 18.1. The molecule has 2 aromatic heterocycles. The van der Waals surface area contributed by atoms with E-state index in [4.69, 9.17) is 9.47 Å². The van der Waals surface area contributed by atoms with Crippen molar-refractivity contribution in [3.63, 3.8) is 0 Å². The minimum absolute atomic E-state index is 0.231. The number of carbonyl (C=O) groups is 1. The molecule has 8 nitrogen and oxygen atoms in total. The Balaban J connectivity index is 1.48. The molecule has 2 aromatic carbocycles. The zero-order valence-corrected chi connectivity index (χ0v) is 20.0. The summed E-state index contributed by atoms with van der Waals surface area (Å²) in [6.45, 7) is 6.16. The number of carbonyl (C=O) groups excluding carboxylic acids is 1. The van der Waals surface area contributed by atoms with Crippen LogP contribution in [0.1, 0.15) is 34.6 Å². The first-order valence-electron chi connectivity index (χ1n) is 11.1. The lowest BCUT2D eigenvalue weighted by molar-refractivity contribution is 0.0951. The zero-order valence-electron chi connectivity index (χ0n) is 19.2. The first-order valence-corrected chi connectivity index (χ1v) is 12.0. The van der Waals surface area contributed by atoms with Gasteiger partial charge in [-0.05, 0) is 60.7 Å². The van der Waals surface area contributed by atoms with E-state index in [0.29, 0.717) is 43.1 Å². The van der Waals surface area contributed by atoms with Crippen LogP contribution in [0.15, 0.2) is 66.0 Å². The van der Waals surface area contributed by atoms with Crippen LogP contribution in [-0.2, 0) is 13.1 Å². The number of nitrogens with one attached hydrogen (secondary N) is 2. The summed E-state index contributed by atoms with van der Waals surface area (Å²) in [6, 6.07) is 19.2. The topological polar surface area (TPSA) is 90.3 Å². The molecule has 0 saturated heterocycles. The van der Waals surface area contributed by atoms with Gasteiger partial charge < -0.3 is 20.1 Å². The van der Waals surface area contributed by atoms with Gasteiger partial charge in [-0.15, -0.1) is 16.4 Å². The summed E-state index contributed by atoms with van der Waals surface area (Å²) in [5.41, 5.74) is 2.08. The molecule has 2 N–H and O–H groups in total. The van der Waals surface area contributed by atoms with E-state index in [0.717, 1.165) is 22.6 Å². The molecule has 0 atom stereocenters. The highest BCUT2D eigenvalue weighted by atomic mass is 32.1. The molecule has 0 radical (unpaired) electrons. The van der Waals surface area contributed by atoms with Crippen molar-refractivity contribution >= 4 is 29.1 Å². The molecule has 34 heavy (non-hydrogen) atoms. The Morgan fingerprint density at radius 1 is 0.882 bits per heavy atom. The van der Waals surface area contributed by atoms with E-state index in [1.54, 1.807) is 6.07 Å². The normalized spacial score (nSPS) is 10.6. The van der Waals surface area contributed by atoms with Gasteiger partial charge in [0, 0.05) is 13.1 Å². The number of aromatic nitrogens is 3. The summed E-state index contributed by atoms with van der Waals surface area (Å²) < 4.78 is 12.3. The summed E-state index contributed by atoms with van der Waals surface area (Å²) in [7, 11) is 0. The van der Waals surface area contributed by atoms with E-state index in [1.807, 2.05) is 73.8 Å². The lowest BCUT2D eigenvalue weighted by Crippen LogP contribution is -2.16. The van der Waals surface area contributed by atoms with Crippen LogP contribution in [0.5, 0.6) is 11.5 Å². The maximum atomic E-state index is 13.0. The second-order valence-electron chi connectivity index (χ2n) is 7.31. The molecule has 2 heterocycles. The summed E-state index contributed by atoms with van der Waals surface area (Å²) in [6.07, 6.45) is 0. The number of hydrogen-bond donors (Lipinski definition) is 2. The van der Waals surface area contributed by atoms with Gasteiger partial charge in [0.05, 0.1) is 18.1 Å². The summed E-state index contributed by atoms with van der Waals surface area (Å²) in [5.74, 6) is 2.17. The predicted octanol–water partition coefficient (Wildman–Crippen LogP) is 5.05. The Hall–Kier alpha value is -3.85. The maximum Gasteiger partial charge on any atom is 0.291 e. The number of hydrogen-bond acceptors (Lipinski definition) is 8. The molecule has 0 aliphatic rings. The molecule has 0 spiro atoms. The zero-order chi connectivity index (χ0) is 23.8. The van der Waals surface area contributed by atoms with Gasteiger partial charge in [-0.2, -0.15) is 9.67 Å². The molecule has 0 unspecified atom stereocenters. The molecular formula is C25H27N5O3S. The van der Waals surface area contributed by atoms with Crippen LogP contribution < -0.4 is 20.1 Å². The third kappa shape index (κ3) is 5.93. The molecule has 0 aliphatic heterocycles. The van der Waals surface area contributed by atoms with Crippen molar-refractivity contribution in [3.05, 3.63) is 82.0 Å². The fourth-order valence-corrected chi connectivity index (χ4v) is 3.90. The first kappa shape index (κ1) is 23.3. The highest BCUT2D eigenvalue weighted by Crippen LogP contribution is 2.19. The third-order valence-electron chi connectivity index (χ3n) is 4.90. The number of nitrogens with zero attached hydrogens (tertiary/aromatic N) is 3. The number of anilines is 2. The molecule has 176 valence electrons. The fraction of sp³-hybridized carbons (Fsp3) is 0.240. The Kier molecular flexibility index (Phi) is 7.77. The molecule has 0 fully saturated rings. The number of rotatable bonds is 11. The smallest absolute Gasteiger partial charge is 0.291 e. The molecular weight excluding hydrogens is 450 g/mol. The lowest BCUT2D eigenvalue weighted by Gasteiger charge is -2.08. The summed E-state index contributed by atoms with van der Waals surface area (Å²) >= 11 is 1.37. The minimum atomic E-state index is -0.231. The van der Waals surface area contributed by atoms with Gasteiger partial charge in [-0.1, -0.05) is 30.3 Å². The van der Waals surface area contributed by atoms with Gasteiger partial charge in [0.15, 0.2) is 0 Å². The largest absolute Gasteiger partial charge is 0.494 e. The average Bonchev–Trinajstić information content (AvgIpc) is 3.54. The van der Waals surface area contributed by atoms with E-state index >= 15 is 0 Å². The van der Waals surface area contributed by atoms with Crippen molar-refractivity contribution in [2.45, 2.75) is 26.9 Å². The van der Waals surface area contributed by atoms with Gasteiger partial charge in [-0.25, -0.2) is 0 Å². The Morgan fingerprint density at radius 3 is 2.00 bits per heavy atom. The van der Waals surface area contributed by atoms with Gasteiger partial charge >= 0.3 is 0 Å². The van der Waals surface area contributed by atoms with Crippen LogP contribution in [0.3, 0.4) is 0 Å². The second-order valence-corrected chi connectivity index (χ2v) is 8.26. The molecule has 9 heteroatoms. The van der Waals surface area contributed by atoms with E-state index < -0.39 is 0 Å². The van der Waals surface area contributed by atoms with Crippen molar-refractivity contribution in [1.29, 1.82) is 0 Å². The van der Waals surface area contributed by atoms with Crippen molar-refractivity contribution < 1.29 is 14.3 Å². The summed E-state index contributed by atoms with van der Waals surface area (Å²) in [5, 5.41) is 12.7. The third-order valence-corrected chi connectivity index (χ3v) is 5.76. The quantitative estimate of drug-likeness (QED) is 0.312. The van der Waals surface area contributed by atoms with Crippen LogP contribution in [-0.4, -0.2) is 33.9 Å². The highest BCUT2D eigenvalue weighted by molar-refractivity contribution is 7.12. The Morgan fingerprint density at radius 2 is 1.47 bits per heavy atom. The monoisotopic (exact) mass is 477 g/mol. The van der Waals surface area contributed by atoms with Gasteiger partial charge in [0.1, 0.15) is 11.5 Å². The predicted molar refractivity (Wildman–Crippen MR) is 134 cm³/mol. The van der Waals surface area contributed by atoms with Crippen molar-refractivity contribution in [1.82, 2.24) is 14.8 Å². The van der Waals surface area contributed by atoms with Crippen LogP contribution >= 0.6 is 11.3 Å². The highest BCUT2D eigenvalue weighted by Gasteiger charge is 2.18. The molecule has 0 saturated carbocycles. The number of benzene rings is 2. The van der Waals surface area contributed by atoms with Crippen LogP contribution in [0.4, 0.5) is 11.9 Å². The van der Waals surface area contributed by atoms with E-state index in [9.17, 15) is 4.79 Å². The van der Waals surface area contributed by atoms with Gasteiger partial charge in [0.2, 0.25) is 11.9 Å². The molecule has 0 bridgehead atoms. The van der Waals surface area contributed by atoms with Crippen molar-refractivity contribution in [2.75, 3.05) is 23.8 Å². The lowest BCUT2D eigenvalue weighted by atomic mass is 10.2. The van der Waals surface area contributed by atoms with E-state index in [-0.39, 0.29) is 5.91 Å². The molecule has 4 aromatic rings. The van der Waals surface area contributed by atoms with Crippen LogP contribution in [0, 0.1) is 0 Å². The molecule has 0 amide bonds. The van der Waals surface area contributed by atoms with Crippen LogP contribution in [0.25, 0.3) is 0 Å². The van der Waals surface area contributed by atoms with Gasteiger partial charge in [0.25, 0.3) is 5.91 Å². The van der Waals surface area contributed by atoms with Crippen molar-refractivity contribution in [2.24, 2.45) is 0 Å². The van der Waals surface area contributed by atoms with Crippen molar-refractivity contribution in [3.8, 4) is 11.5 Å². The minimum Gasteiger partial charge on any atom is -0.494 e. The second kappa shape index (κ2) is 11.3. The first-order chi connectivity index (χ1) is 16.7. The SMILES string of the molecule is CCOc1ccc(CNc2nc(NCc3ccc(OCC)cc3)n(C(=O)c3cccs3)n2)cc1.